The molecule has 1 fully saturated rings. The van der Waals surface area contributed by atoms with Crippen molar-refractivity contribution in [1.82, 2.24) is 5.32 Å². The van der Waals surface area contributed by atoms with Crippen LogP contribution < -0.4 is 5.32 Å². The Labute approximate surface area is 130 Å². The Balaban J connectivity index is 2.06. The summed E-state index contributed by atoms with van der Waals surface area (Å²) in [5.74, 6) is -1.17. The number of aliphatic carboxylic acids is 1. The normalized spacial score (nSPS) is 16.9. The highest BCUT2D eigenvalue weighted by Crippen LogP contribution is 2.37. The van der Waals surface area contributed by atoms with Crippen LogP contribution in [0.3, 0.4) is 0 Å². The quantitative estimate of drug-likeness (QED) is 0.864. The minimum Gasteiger partial charge on any atom is -0.481 e. The second-order valence-corrected chi connectivity index (χ2v) is 6.42. The van der Waals surface area contributed by atoms with Crippen LogP contribution in [0, 0.1) is 5.41 Å². The summed E-state index contributed by atoms with van der Waals surface area (Å²) in [7, 11) is 0. The van der Waals surface area contributed by atoms with E-state index in [1.165, 1.54) is 0 Å². The van der Waals surface area contributed by atoms with E-state index >= 15 is 0 Å². The number of carbonyl (C=O) groups is 2. The van der Waals surface area contributed by atoms with E-state index < -0.39 is 11.4 Å². The molecular weight excluding hydrogens is 346 g/mol. The molecule has 2 N–H and O–H groups in total. The second kappa shape index (κ2) is 6.14. The van der Waals surface area contributed by atoms with Gasteiger partial charge in [-0.3, -0.25) is 9.59 Å². The summed E-state index contributed by atoms with van der Waals surface area (Å²) in [5.41, 5.74) is -0.467. The fourth-order valence-electron chi connectivity index (χ4n) is 2.54. The molecule has 0 bridgehead atoms. The molecule has 2 rings (SSSR count). The Kier molecular flexibility index (Phi) is 4.70. The fourth-order valence-corrected chi connectivity index (χ4v) is 3.30. The number of carboxylic acid groups (broad SMARTS) is 1. The van der Waals surface area contributed by atoms with Crippen LogP contribution in [0.1, 0.15) is 36.0 Å². The molecule has 0 saturated heterocycles. The molecule has 1 aromatic carbocycles. The van der Waals surface area contributed by atoms with E-state index in [9.17, 15) is 14.7 Å². The number of carboxylic acids is 1. The lowest BCUT2D eigenvalue weighted by Gasteiger charge is -2.24. The van der Waals surface area contributed by atoms with Crippen molar-refractivity contribution in [3.63, 3.8) is 0 Å². The standard InChI is InChI=1S/C14H15BrClNO3/c15-9-3-4-10(11(16)7-9)12(18)17-8-14(13(19)20)5-1-2-6-14/h3-4,7H,1-2,5-6,8H2,(H,17,18)(H,19,20). The smallest absolute Gasteiger partial charge is 0.311 e. The molecule has 1 amide bonds. The zero-order chi connectivity index (χ0) is 14.8. The first-order chi connectivity index (χ1) is 9.44. The summed E-state index contributed by atoms with van der Waals surface area (Å²) < 4.78 is 0.789. The van der Waals surface area contributed by atoms with Gasteiger partial charge in [-0.25, -0.2) is 0 Å². The lowest BCUT2D eigenvalue weighted by molar-refractivity contribution is -0.148. The summed E-state index contributed by atoms with van der Waals surface area (Å²) in [4.78, 5) is 23.5. The van der Waals surface area contributed by atoms with Crippen molar-refractivity contribution in [1.29, 1.82) is 0 Å². The third-order valence-electron chi connectivity index (χ3n) is 3.78. The van der Waals surface area contributed by atoms with Crippen LogP contribution in [0.4, 0.5) is 0 Å². The van der Waals surface area contributed by atoms with Gasteiger partial charge in [-0.15, -0.1) is 0 Å². The molecule has 6 heteroatoms. The fraction of sp³-hybridized carbons (Fsp3) is 0.429. The van der Waals surface area contributed by atoms with Gasteiger partial charge in [-0.1, -0.05) is 40.4 Å². The number of benzene rings is 1. The Bertz CT molecular complexity index is 541. The molecule has 0 aliphatic heterocycles. The Morgan fingerprint density at radius 2 is 2.00 bits per heavy atom. The Morgan fingerprint density at radius 1 is 1.35 bits per heavy atom. The molecule has 0 aromatic heterocycles. The predicted molar refractivity (Wildman–Crippen MR) is 80.0 cm³/mol. The molecule has 0 atom stereocenters. The highest BCUT2D eigenvalue weighted by Gasteiger charge is 2.41. The molecule has 20 heavy (non-hydrogen) atoms. The lowest BCUT2D eigenvalue weighted by atomic mass is 9.86. The van der Waals surface area contributed by atoms with E-state index in [0.29, 0.717) is 23.4 Å². The average Bonchev–Trinajstić information content (AvgIpc) is 2.86. The van der Waals surface area contributed by atoms with Crippen molar-refractivity contribution in [2.75, 3.05) is 6.54 Å². The van der Waals surface area contributed by atoms with E-state index in [-0.39, 0.29) is 12.5 Å². The maximum Gasteiger partial charge on any atom is 0.311 e. The van der Waals surface area contributed by atoms with Crippen LogP contribution in [-0.2, 0) is 4.79 Å². The molecule has 0 unspecified atom stereocenters. The highest BCUT2D eigenvalue weighted by atomic mass is 79.9. The second-order valence-electron chi connectivity index (χ2n) is 5.10. The van der Waals surface area contributed by atoms with Gasteiger partial charge in [0.15, 0.2) is 0 Å². The number of hydrogen-bond donors (Lipinski definition) is 2. The van der Waals surface area contributed by atoms with Crippen molar-refractivity contribution in [3.05, 3.63) is 33.3 Å². The van der Waals surface area contributed by atoms with Gasteiger partial charge in [0.25, 0.3) is 5.91 Å². The average molecular weight is 361 g/mol. The molecule has 1 saturated carbocycles. The predicted octanol–water partition coefficient (Wildman–Crippen LogP) is 3.48. The number of nitrogens with one attached hydrogen (secondary N) is 1. The first kappa shape index (κ1) is 15.3. The van der Waals surface area contributed by atoms with E-state index in [0.717, 1.165) is 17.3 Å². The Hall–Kier alpha value is -1.07. The maximum absolute atomic E-state index is 12.1. The van der Waals surface area contributed by atoms with Crippen LogP contribution in [0.2, 0.25) is 5.02 Å². The van der Waals surface area contributed by atoms with Crippen LogP contribution in [-0.4, -0.2) is 23.5 Å². The molecule has 1 aromatic rings. The molecule has 4 nitrogen and oxygen atoms in total. The zero-order valence-electron chi connectivity index (χ0n) is 10.8. The molecule has 0 radical (unpaired) electrons. The SMILES string of the molecule is O=C(NCC1(C(=O)O)CCCC1)c1ccc(Br)cc1Cl. The summed E-state index contributed by atoms with van der Waals surface area (Å²) in [6.07, 6.45) is 3.00. The minimum absolute atomic E-state index is 0.146. The summed E-state index contributed by atoms with van der Waals surface area (Å²) in [6.45, 7) is 0.146. The van der Waals surface area contributed by atoms with Gasteiger partial charge in [-0.2, -0.15) is 0 Å². The van der Waals surface area contributed by atoms with Crippen LogP contribution in [0.15, 0.2) is 22.7 Å². The topological polar surface area (TPSA) is 66.4 Å². The van der Waals surface area contributed by atoms with Crippen LogP contribution in [0.25, 0.3) is 0 Å². The maximum atomic E-state index is 12.1. The van der Waals surface area contributed by atoms with E-state index in [2.05, 4.69) is 21.2 Å². The van der Waals surface area contributed by atoms with Gasteiger partial charge in [0.05, 0.1) is 16.0 Å². The highest BCUT2D eigenvalue weighted by molar-refractivity contribution is 9.10. The summed E-state index contributed by atoms with van der Waals surface area (Å²) in [5, 5.41) is 12.4. The number of rotatable bonds is 4. The molecule has 108 valence electrons. The van der Waals surface area contributed by atoms with Gasteiger partial charge in [0.2, 0.25) is 0 Å². The molecule has 0 spiro atoms. The van der Waals surface area contributed by atoms with Crippen molar-refractivity contribution in [2.45, 2.75) is 25.7 Å². The Morgan fingerprint density at radius 3 is 2.55 bits per heavy atom. The number of hydrogen-bond acceptors (Lipinski definition) is 2. The van der Waals surface area contributed by atoms with Gasteiger partial charge >= 0.3 is 5.97 Å². The van der Waals surface area contributed by atoms with Crippen molar-refractivity contribution in [3.8, 4) is 0 Å². The third kappa shape index (κ3) is 3.15. The lowest BCUT2D eigenvalue weighted by Crippen LogP contribution is -2.41. The summed E-state index contributed by atoms with van der Waals surface area (Å²) >= 11 is 9.28. The van der Waals surface area contributed by atoms with Gasteiger partial charge in [0.1, 0.15) is 0 Å². The van der Waals surface area contributed by atoms with Crippen LogP contribution >= 0.6 is 27.5 Å². The largest absolute Gasteiger partial charge is 0.481 e. The monoisotopic (exact) mass is 359 g/mol. The molecular formula is C14H15BrClNO3. The van der Waals surface area contributed by atoms with Crippen LogP contribution in [0.5, 0.6) is 0 Å². The van der Waals surface area contributed by atoms with Gasteiger partial charge < -0.3 is 10.4 Å². The van der Waals surface area contributed by atoms with Gasteiger partial charge in [-0.05, 0) is 31.0 Å². The van der Waals surface area contributed by atoms with Gasteiger partial charge in [0, 0.05) is 11.0 Å². The van der Waals surface area contributed by atoms with E-state index in [4.69, 9.17) is 11.6 Å². The first-order valence-electron chi connectivity index (χ1n) is 6.41. The molecule has 0 heterocycles. The molecule has 1 aliphatic rings. The van der Waals surface area contributed by atoms with E-state index in [1.807, 2.05) is 0 Å². The third-order valence-corrected chi connectivity index (χ3v) is 4.58. The molecule has 1 aliphatic carbocycles. The van der Waals surface area contributed by atoms with E-state index in [1.54, 1.807) is 18.2 Å². The number of halogens is 2. The van der Waals surface area contributed by atoms with Crippen molar-refractivity contribution >= 4 is 39.4 Å². The minimum atomic E-state index is -0.836. The zero-order valence-corrected chi connectivity index (χ0v) is 13.1. The van der Waals surface area contributed by atoms with Crippen molar-refractivity contribution < 1.29 is 14.7 Å². The first-order valence-corrected chi connectivity index (χ1v) is 7.58. The number of carbonyl (C=O) groups excluding carboxylic acids is 1. The number of amides is 1. The summed E-state index contributed by atoms with van der Waals surface area (Å²) in [6, 6.07) is 4.98. The van der Waals surface area contributed by atoms with Crippen molar-refractivity contribution in [2.24, 2.45) is 5.41 Å².